The minimum atomic E-state index is -0.440. The lowest BCUT2D eigenvalue weighted by Crippen LogP contribution is -2.30. The van der Waals surface area contributed by atoms with Crippen molar-refractivity contribution in [2.24, 2.45) is 5.73 Å². The topological polar surface area (TPSA) is 63.3 Å². The number of ketones is 1. The number of benzene rings is 1. The normalized spacial score (nSPS) is 10.3. The molecule has 0 amide bonds. The summed E-state index contributed by atoms with van der Waals surface area (Å²) in [6, 6.07) is 6.25. The monoisotopic (exact) mass is 253 g/mol. The zero-order valence-corrected chi connectivity index (χ0v) is 12.2. The summed E-state index contributed by atoms with van der Waals surface area (Å²) in [5, 5.41) is 9.00. The lowest BCUT2D eigenvalue weighted by atomic mass is 10.0. The summed E-state index contributed by atoms with van der Waals surface area (Å²) < 4.78 is 0. The minimum absolute atomic E-state index is 0.0203. The molecule has 0 saturated heterocycles. The molecule has 0 radical (unpaired) electrons. The van der Waals surface area contributed by atoms with Gasteiger partial charge in [-0.3, -0.25) is 4.79 Å². The van der Waals surface area contributed by atoms with Gasteiger partial charge in [0.15, 0.2) is 0 Å². The first-order valence-electron chi connectivity index (χ1n) is 6.55. The molecule has 0 saturated carbocycles. The van der Waals surface area contributed by atoms with Gasteiger partial charge >= 0.3 is 0 Å². The van der Waals surface area contributed by atoms with Crippen molar-refractivity contribution in [1.29, 1.82) is 0 Å². The Kier molecular flexibility index (Phi) is 12.8. The van der Waals surface area contributed by atoms with Crippen LogP contribution in [0.15, 0.2) is 24.3 Å². The van der Waals surface area contributed by atoms with E-state index in [2.05, 4.69) is 13.8 Å². The number of phenolic OH excluding ortho intramolecular Hbond substituents is 1. The number of nitrogens with two attached hydrogens (primary N) is 1. The number of carbonyl (C=O) groups excluding carboxylic acids is 1. The number of hydrogen-bond donors (Lipinski definition) is 2. The van der Waals surface area contributed by atoms with Crippen molar-refractivity contribution in [3.8, 4) is 5.75 Å². The van der Waals surface area contributed by atoms with Crippen molar-refractivity contribution in [3.63, 3.8) is 0 Å². The molecule has 104 valence electrons. The number of phenols is 1. The van der Waals surface area contributed by atoms with E-state index in [1.54, 1.807) is 24.3 Å². The third-order valence-corrected chi connectivity index (χ3v) is 1.91. The van der Waals surface area contributed by atoms with Gasteiger partial charge in [0.25, 0.3) is 0 Å². The minimum Gasteiger partial charge on any atom is -0.508 e. The Morgan fingerprint density at radius 1 is 1.22 bits per heavy atom. The molecular formula is C15H27NO2. The second-order valence-electron chi connectivity index (χ2n) is 3.79. The lowest BCUT2D eigenvalue weighted by molar-refractivity contribution is -0.118. The fourth-order valence-corrected chi connectivity index (χ4v) is 1.03. The molecule has 1 rings (SSSR count). The van der Waals surface area contributed by atoms with Crippen LogP contribution in [0.5, 0.6) is 5.75 Å². The van der Waals surface area contributed by atoms with E-state index < -0.39 is 6.04 Å². The van der Waals surface area contributed by atoms with Crippen molar-refractivity contribution in [2.75, 3.05) is 0 Å². The molecular weight excluding hydrogens is 226 g/mol. The van der Waals surface area contributed by atoms with Crippen LogP contribution in [0, 0.1) is 0 Å². The zero-order chi connectivity index (χ0) is 14.6. The molecule has 0 heterocycles. The Morgan fingerprint density at radius 2 is 1.61 bits per heavy atom. The Morgan fingerprint density at radius 3 is 1.94 bits per heavy atom. The molecule has 0 aliphatic heterocycles. The zero-order valence-electron chi connectivity index (χ0n) is 12.2. The maximum Gasteiger partial charge on any atom is 0.146 e. The van der Waals surface area contributed by atoms with E-state index in [4.69, 9.17) is 10.8 Å². The first kappa shape index (κ1) is 19.0. The third kappa shape index (κ3) is 9.85. The predicted molar refractivity (Wildman–Crippen MR) is 77.8 cm³/mol. The molecule has 1 aromatic carbocycles. The molecule has 3 heteroatoms. The first-order valence-corrected chi connectivity index (χ1v) is 6.55. The summed E-state index contributed by atoms with van der Waals surface area (Å²) in [7, 11) is 0. The van der Waals surface area contributed by atoms with Crippen LogP contribution >= 0.6 is 0 Å². The fourth-order valence-electron chi connectivity index (χ4n) is 1.03. The quantitative estimate of drug-likeness (QED) is 0.868. The largest absolute Gasteiger partial charge is 0.508 e. The molecule has 0 unspecified atom stereocenters. The highest BCUT2D eigenvalue weighted by Crippen LogP contribution is 2.10. The van der Waals surface area contributed by atoms with Crippen LogP contribution in [0.25, 0.3) is 0 Å². The van der Waals surface area contributed by atoms with Gasteiger partial charge in [-0.05, 0) is 31.0 Å². The average molecular weight is 253 g/mol. The molecule has 1 aromatic rings. The third-order valence-electron chi connectivity index (χ3n) is 1.91. The average Bonchev–Trinajstić information content (AvgIpc) is 2.35. The van der Waals surface area contributed by atoms with Crippen LogP contribution in [0.1, 0.15) is 46.6 Å². The predicted octanol–water partition coefficient (Wildman–Crippen LogP) is 3.29. The second-order valence-corrected chi connectivity index (χ2v) is 3.79. The Hall–Kier alpha value is -1.35. The highest BCUT2D eigenvalue weighted by Gasteiger charge is 2.08. The van der Waals surface area contributed by atoms with Crippen molar-refractivity contribution in [2.45, 2.75) is 53.5 Å². The summed E-state index contributed by atoms with van der Waals surface area (Å²) in [6.07, 6.45) is 1.77. The number of rotatable bonds is 3. The van der Waals surface area contributed by atoms with E-state index in [1.807, 2.05) is 13.8 Å². The summed E-state index contributed by atoms with van der Waals surface area (Å²) >= 11 is 0. The van der Waals surface area contributed by atoms with Crippen LogP contribution in [-0.4, -0.2) is 16.9 Å². The molecule has 3 nitrogen and oxygen atoms in total. The number of carbonyl (C=O) groups is 1. The van der Waals surface area contributed by atoms with Crippen molar-refractivity contribution >= 4 is 5.78 Å². The summed E-state index contributed by atoms with van der Waals surface area (Å²) in [6.45, 7) is 9.73. The van der Waals surface area contributed by atoms with Gasteiger partial charge in [0.05, 0.1) is 6.04 Å². The van der Waals surface area contributed by atoms with Gasteiger partial charge in [-0.15, -0.1) is 0 Å². The summed E-state index contributed by atoms with van der Waals surface area (Å²) in [4.78, 5) is 10.8. The van der Waals surface area contributed by atoms with Crippen molar-refractivity contribution < 1.29 is 9.90 Å². The molecule has 0 bridgehead atoms. The fraction of sp³-hybridized carbons (Fsp3) is 0.533. The van der Waals surface area contributed by atoms with Crippen LogP contribution in [0.2, 0.25) is 0 Å². The van der Waals surface area contributed by atoms with E-state index in [-0.39, 0.29) is 11.5 Å². The molecule has 0 aliphatic carbocycles. The highest BCUT2D eigenvalue weighted by molar-refractivity contribution is 5.81. The lowest BCUT2D eigenvalue weighted by Gasteiger charge is -2.07. The first-order chi connectivity index (χ1) is 8.51. The van der Waals surface area contributed by atoms with Crippen LogP contribution in [0.3, 0.4) is 0 Å². The number of aromatic hydroxyl groups is 1. The van der Waals surface area contributed by atoms with Crippen LogP contribution in [-0.2, 0) is 11.2 Å². The number of Topliss-reactive ketones (excluding diaryl/α,β-unsaturated/α-hetero) is 1. The van der Waals surface area contributed by atoms with Gasteiger partial charge in [-0.25, -0.2) is 0 Å². The van der Waals surface area contributed by atoms with E-state index in [1.165, 1.54) is 13.3 Å². The van der Waals surface area contributed by atoms with E-state index in [9.17, 15) is 4.79 Å². The smallest absolute Gasteiger partial charge is 0.146 e. The van der Waals surface area contributed by atoms with Gasteiger partial charge in [-0.1, -0.05) is 46.2 Å². The van der Waals surface area contributed by atoms with Crippen molar-refractivity contribution in [3.05, 3.63) is 29.8 Å². The van der Waals surface area contributed by atoms with E-state index in [0.717, 1.165) is 5.56 Å². The maximum absolute atomic E-state index is 10.8. The SMILES string of the molecule is CC.CC(=O)[C@@H](N)Cc1ccc(O)cc1.CCC. The standard InChI is InChI=1S/C10H13NO2.C3H8.C2H6/c1-7(12)10(11)6-8-2-4-9(13)5-3-8;1-3-2;1-2/h2-5,10,13H,6,11H2,1H3;3H2,1-2H3;1-2H3/t10-;;/m0../s1. The highest BCUT2D eigenvalue weighted by atomic mass is 16.3. The van der Waals surface area contributed by atoms with E-state index in [0.29, 0.717) is 6.42 Å². The van der Waals surface area contributed by atoms with Gasteiger partial charge in [0.2, 0.25) is 0 Å². The molecule has 1 atom stereocenters. The molecule has 18 heavy (non-hydrogen) atoms. The van der Waals surface area contributed by atoms with Gasteiger partial charge < -0.3 is 10.8 Å². The Labute approximate surface area is 111 Å². The van der Waals surface area contributed by atoms with Gasteiger partial charge in [0.1, 0.15) is 11.5 Å². The molecule has 3 N–H and O–H groups in total. The Bertz CT molecular complexity index is 307. The summed E-state index contributed by atoms with van der Waals surface area (Å²) in [5.41, 5.74) is 6.53. The maximum atomic E-state index is 10.8. The van der Waals surface area contributed by atoms with Gasteiger partial charge in [-0.2, -0.15) is 0 Å². The van der Waals surface area contributed by atoms with Crippen molar-refractivity contribution in [1.82, 2.24) is 0 Å². The summed E-state index contributed by atoms with van der Waals surface area (Å²) in [5.74, 6) is 0.202. The second kappa shape index (κ2) is 12.1. The van der Waals surface area contributed by atoms with Crippen LogP contribution < -0.4 is 5.73 Å². The Balaban J connectivity index is 0. The van der Waals surface area contributed by atoms with Crippen LogP contribution in [0.4, 0.5) is 0 Å². The number of hydrogen-bond acceptors (Lipinski definition) is 3. The van der Waals surface area contributed by atoms with Gasteiger partial charge in [0, 0.05) is 0 Å². The molecule has 0 fully saturated rings. The molecule has 0 spiro atoms. The van der Waals surface area contributed by atoms with E-state index >= 15 is 0 Å². The molecule has 0 aliphatic rings. The molecule has 0 aromatic heterocycles.